The molecule has 0 aromatic carbocycles. The number of rotatable bonds is 3. The zero-order valence-corrected chi connectivity index (χ0v) is 14.3. The largest absolute Gasteiger partial charge is 0.296 e. The predicted octanol–water partition coefficient (Wildman–Crippen LogP) is 5.49. The Balaban J connectivity index is 0.000000411. The lowest BCUT2D eigenvalue weighted by atomic mass is 9.75. The third-order valence-electron chi connectivity index (χ3n) is 4.47. The number of unbranched alkanes of at least 4 members (excludes halogenated alkanes) is 3. The maximum absolute atomic E-state index is 2.53. The zero-order valence-electron chi connectivity index (χ0n) is 14.3. The van der Waals surface area contributed by atoms with Gasteiger partial charge >= 0.3 is 0 Å². The van der Waals surface area contributed by atoms with Gasteiger partial charge in [0.05, 0.1) is 0 Å². The van der Waals surface area contributed by atoms with Gasteiger partial charge in [-0.05, 0) is 53.5 Å². The number of hydrogen-bond acceptors (Lipinski definition) is 1. The first-order chi connectivity index (χ1) is 8.17. The highest BCUT2D eigenvalue weighted by atomic mass is 15.2. The van der Waals surface area contributed by atoms with Crippen LogP contribution in [0.5, 0.6) is 0 Å². The zero-order chi connectivity index (χ0) is 14.4. The van der Waals surface area contributed by atoms with Crippen molar-refractivity contribution in [1.82, 2.24) is 4.90 Å². The summed E-state index contributed by atoms with van der Waals surface area (Å²) in [5.41, 5.74) is 0.752. The Kier molecular flexibility index (Phi) is 7.51. The molecule has 1 aliphatic rings. The first-order valence-electron chi connectivity index (χ1n) is 7.91. The molecule has 1 heteroatoms. The Morgan fingerprint density at radius 2 is 1.22 bits per heavy atom. The molecule has 0 spiro atoms. The highest BCUT2D eigenvalue weighted by Gasteiger charge is 2.41. The normalized spacial score (nSPS) is 23.3. The molecule has 1 fully saturated rings. The molecule has 1 rings (SSSR count). The molecule has 0 amide bonds. The van der Waals surface area contributed by atoms with Crippen LogP contribution in [-0.4, -0.2) is 23.0 Å². The van der Waals surface area contributed by atoms with E-state index < -0.39 is 0 Å². The van der Waals surface area contributed by atoms with Crippen molar-refractivity contribution in [2.45, 2.75) is 98.1 Å². The quantitative estimate of drug-likeness (QED) is 0.603. The minimum atomic E-state index is 0.376. The topological polar surface area (TPSA) is 3.24 Å². The molecule has 0 bridgehead atoms. The van der Waals surface area contributed by atoms with E-state index in [1.807, 2.05) is 0 Å². The summed E-state index contributed by atoms with van der Waals surface area (Å²) in [6.45, 7) is 16.2. The monoisotopic (exact) mass is 255 g/mol. The molecule has 0 radical (unpaired) electrons. The van der Waals surface area contributed by atoms with Crippen LogP contribution in [0, 0.1) is 5.92 Å². The van der Waals surface area contributed by atoms with E-state index in [-0.39, 0.29) is 0 Å². The van der Waals surface area contributed by atoms with E-state index in [2.05, 4.69) is 60.4 Å². The molecular weight excluding hydrogens is 218 g/mol. The second kappa shape index (κ2) is 7.53. The lowest BCUT2D eigenvalue weighted by molar-refractivity contribution is -0.0255. The summed E-state index contributed by atoms with van der Waals surface area (Å²) in [6, 6.07) is 0. The molecule has 0 aromatic heterocycles. The van der Waals surface area contributed by atoms with Crippen molar-refractivity contribution in [3.8, 4) is 0 Å². The second-order valence-electron chi connectivity index (χ2n) is 7.40. The van der Waals surface area contributed by atoms with E-state index in [1.165, 1.54) is 38.5 Å². The molecule has 0 N–H and O–H groups in total. The standard InChI is InChI=1S/C11H23N.C6H14/c1-9-7-10(2,3)12(6)11(4,5)8-9;1-3-5-6-4-2/h9H,7-8H2,1-6H3;3-6H2,1-2H3. The average Bonchev–Trinajstić information content (AvgIpc) is 2.22. The number of hydrogen-bond donors (Lipinski definition) is 0. The molecule has 1 saturated heterocycles. The molecule has 1 aliphatic heterocycles. The summed E-state index contributed by atoms with van der Waals surface area (Å²) in [5.74, 6) is 0.867. The fraction of sp³-hybridized carbons (Fsp3) is 1.00. The van der Waals surface area contributed by atoms with Gasteiger partial charge in [0.2, 0.25) is 0 Å². The highest BCUT2D eigenvalue weighted by molar-refractivity contribution is 4.96. The van der Waals surface area contributed by atoms with Crippen molar-refractivity contribution < 1.29 is 0 Å². The summed E-state index contributed by atoms with van der Waals surface area (Å²) in [6.07, 6.45) is 8.19. The lowest BCUT2D eigenvalue weighted by Crippen LogP contribution is -2.58. The molecule has 0 saturated carbocycles. The Bertz CT molecular complexity index is 196. The Labute approximate surface area is 116 Å². The van der Waals surface area contributed by atoms with Gasteiger partial charge in [0.25, 0.3) is 0 Å². The van der Waals surface area contributed by atoms with E-state index in [1.54, 1.807) is 0 Å². The van der Waals surface area contributed by atoms with Crippen molar-refractivity contribution in [2.75, 3.05) is 7.05 Å². The first-order valence-corrected chi connectivity index (χ1v) is 7.91. The molecule has 18 heavy (non-hydrogen) atoms. The predicted molar refractivity (Wildman–Crippen MR) is 84.1 cm³/mol. The van der Waals surface area contributed by atoms with Gasteiger partial charge in [-0.15, -0.1) is 0 Å². The van der Waals surface area contributed by atoms with Gasteiger partial charge < -0.3 is 0 Å². The van der Waals surface area contributed by atoms with E-state index in [4.69, 9.17) is 0 Å². The van der Waals surface area contributed by atoms with Crippen LogP contribution in [0.2, 0.25) is 0 Å². The van der Waals surface area contributed by atoms with Crippen LogP contribution in [0.3, 0.4) is 0 Å². The molecule has 1 nitrogen and oxygen atoms in total. The molecule has 110 valence electrons. The maximum atomic E-state index is 2.53. The average molecular weight is 255 g/mol. The van der Waals surface area contributed by atoms with E-state index in [0.29, 0.717) is 11.1 Å². The Morgan fingerprint density at radius 3 is 1.50 bits per heavy atom. The van der Waals surface area contributed by atoms with Crippen molar-refractivity contribution in [1.29, 1.82) is 0 Å². The molecule has 1 heterocycles. The minimum Gasteiger partial charge on any atom is -0.296 e. The Hall–Kier alpha value is -0.0400. The lowest BCUT2D eigenvalue weighted by Gasteiger charge is -2.53. The highest BCUT2D eigenvalue weighted by Crippen LogP contribution is 2.39. The summed E-state index contributed by atoms with van der Waals surface area (Å²) >= 11 is 0. The first kappa shape index (κ1) is 18.0. The summed E-state index contributed by atoms with van der Waals surface area (Å²) in [5, 5.41) is 0. The number of likely N-dealkylation sites (tertiary alicyclic amines) is 1. The fourth-order valence-electron chi connectivity index (χ4n) is 3.37. The molecular formula is C17H37N. The van der Waals surface area contributed by atoms with Crippen molar-refractivity contribution in [3.63, 3.8) is 0 Å². The number of piperidine rings is 1. The van der Waals surface area contributed by atoms with Gasteiger partial charge in [-0.25, -0.2) is 0 Å². The molecule has 0 atom stereocenters. The van der Waals surface area contributed by atoms with Crippen LogP contribution in [0.4, 0.5) is 0 Å². The maximum Gasteiger partial charge on any atom is 0.0158 e. The van der Waals surface area contributed by atoms with Crippen LogP contribution in [0.25, 0.3) is 0 Å². The third-order valence-corrected chi connectivity index (χ3v) is 4.47. The van der Waals surface area contributed by atoms with Gasteiger partial charge in [-0.1, -0.05) is 46.5 Å². The smallest absolute Gasteiger partial charge is 0.0158 e. The Morgan fingerprint density at radius 1 is 0.889 bits per heavy atom. The van der Waals surface area contributed by atoms with Crippen LogP contribution >= 0.6 is 0 Å². The summed E-state index contributed by atoms with van der Waals surface area (Å²) in [7, 11) is 2.26. The number of nitrogens with zero attached hydrogens (tertiary/aromatic N) is 1. The van der Waals surface area contributed by atoms with Gasteiger partial charge in [0.1, 0.15) is 0 Å². The SMILES string of the molecule is CC1CC(C)(C)N(C)C(C)(C)C1.CCCCCC. The van der Waals surface area contributed by atoms with Gasteiger partial charge in [-0.3, -0.25) is 4.90 Å². The van der Waals surface area contributed by atoms with E-state index in [0.717, 1.165) is 5.92 Å². The second-order valence-corrected chi connectivity index (χ2v) is 7.40. The molecule has 0 unspecified atom stereocenters. The molecule has 0 aromatic rings. The van der Waals surface area contributed by atoms with Crippen LogP contribution in [0.15, 0.2) is 0 Å². The molecule has 0 aliphatic carbocycles. The summed E-state index contributed by atoms with van der Waals surface area (Å²) < 4.78 is 0. The van der Waals surface area contributed by atoms with Gasteiger partial charge in [0, 0.05) is 11.1 Å². The van der Waals surface area contributed by atoms with E-state index >= 15 is 0 Å². The summed E-state index contributed by atoms with van der Waals surface area (Å²) in [4.78, 5) is 2.53. The minimum absolute atomic E-state index is 0.376. The van der Waals surface area contributed by atoms with Crippen LogP contribution < -0.4 is 0 Å². The van der Waals surface area contributed by atoms with Gasteiger partial charge in [0.15, 0.2) is 0 Å². The van der Waals surface area contributed by atoms with Crippen LogP contribution in [-0.2, 0) is 0 Å². The third kappa shape index (κ3) is 5.73. The van der Waals surface area contributed by atoms with Crippen molar-refractivity contribution in [3.05, 3.63) is 0 Å². The van der Waals surface area contributed by atoms with Gasteiger partial charge in [-0.2, -0.15) is 0 Å². The fourth-order valence-corrected chi connectivity index (χ4v) is 3.37. The van der Waals surface area contributed by atoms with Crippen molar-refractivity contribution in [2.24, 2.45) is 5.92 Å². The van der Waals surface area contributed by atoms with E-state index in [9.17, 15) is 0 Å². The van der Waals surface area contributed by atoms with Crippen molar-refractivity contribution >= 4 is 0 Å². The van der Waals surface area contributed by atoms with Crippen LogP contribution in [0.1, 0.15) is 87.0 Å².